The molecule has 32 heavy (non-hydrogen) atoms. The van der Waals surface area contributed by atoms with Crippen LogP contribution in [-0.2, 0) is 15.7 Å². The van der Waals surface area contributed by atoms with E-state index in [0.29, 0.717) is 16.5 Å². The predicted octanol–water partition coefficient (Wildman–Crippen LogP) is 4.82. The van der Waals surface area contributed by atoms with E-state index < -0.39 is 35.2 Å². The van der Waals surface area contributed by atoms with Gasteiger partial charge >= 0.3 is 12.1 Å². The zero-order valence-corrected chi connectivity index (χ0v) is 18.6. The van der Waals surface area contributed by atoms with Gasteiger partial charge in [-0.15, -0.1) is 11.3 Å². The number of benzene rings is 1. The van der Waals surface area contributed by atoms with Crippen LogP contribution < -0.4 is 10.9 Å². The first-order chi connectivity index (χ1) is 15.0. The van der Waals surface area contributed by atoms with Crippen LogP contribution >= 0.6 is 22.9 Å². The summed E-state index contributed by atoms with van der Waals surface area (Å²) >= 11 is 6.92. The smallest absolute Gasteiger partial charge is 0.416 e. The van der Waals surface area contributed by atoms with E-state index in [4.69, 9.17) is 16.3 Å². The second kappa shape index (κ2) is 8.91. The molecular weight excluding hydrogens is 471 g/mol. The third-order valence-corrected chi connectivity index (χ3v) is 6.19. The number of halogens is 4. The molecule has 3 aromatic rings. The average molecular weight is 488 g/mol. The van der Waals surface area contributed by atoms with E-state index in [1.807, 2.05) is 0 Å². The quantitative estimate of drug-likeness (QED) is 0.521. The number of hydrogen-bond acceptors (Lipinski definition) is 6. The monoisotopic (exact) mass is 487 g/mol. The summed E-state index contributed by atoms with van der Waals surface area (Å²) in [7, 11) is 0. The Balaban J connectivity index is 1.95. The van der Waals surface area contributed by atoms with Crippen molar-refractivity contribution >= 4 is 50.7 Å². The Morgan fingerprint density at radius 1 is 1.34 bits per heavy atom. The molecule has 170 valence electrons. The van der Waals surface area contributed by atoms with Crippen LogP contribution in [0, 0.1) is 6.92 Å². The zero-order valence-electron chi connectivity index (χ0n) is 17.0. The molecule has 0 fully saturated rings. The van der Waals surface area contributed by atoms with Crippen LogP contribution in [0.3, 0.4) is 0 Å². The number of rotatable bonds is 5. The maximum absolute atomic E-state index is 13.0. The minimum Gasteiger partial charge on any atom is -0.462 e. The van der Waals surface area contributed by atoms with E-state index in [9.17, 15) is 27.6 Å². The molecular formula is C20H17ClF3N3O4S. The van der Waals surface area contributed by atoms with Crippen molar-refractivity contribution in [1.82, 2.24) is 9.55 Å². The Labute approximate surface area is 188 Å². The molecule has 1 unspecified atom stereocenters. The molecule has 0 saturated carbocycles. The summed E-state index contributed by atoms with van der Waals surface area (Å²) < 4.78 is 44.9. The van der Waals surface area contributed by atoms with Gasteiger partial charge in [0.25, 0.3) is 5.56 Å². The van der Waals surface area contributed by atoms with Crippen molar-refractivity contribution in [3.63, 3.8) is 0 Å². The Hall–Kier alpha value is -2.92. The summed E-state index contributed by atoms with van der Waals surface area (Å²) in [6.07, 6.45) is -3.47. The molecule has 12 heteroatoms. The average Bonchev–Trinajstić information content (AvgIpc) is 3.06. The predicted molar refractivity (Wildman–Crippen MR) is 114 cm³/mol. The number of nitrogens with one attached hydrogen (secondary N) is 1. The lowest BCUT2D eigenvalue weighted by atomic mass is 10.2. The fourth-order valence-corrected chi connectivity index (χ4v) is 4.16. The third kappa shape index (κ3) is 4.49. The molecule has 2 heterocycles. The Bertz CT molecular complexity index is 1270. The van der Waals surface area contributed by atoms with Gasteiger partial charge in [0.2, 0.25) is 5.91 Å². The van der Waals surface area contributed by atoms with Crippen molar-refractivity contribution in [3.8, 4) is 0 Å². The van der Waals surface area contributed by atoms with Gasteiger partial charge in [0.05, 0.1) is 34.6 Å². The maximum Gasteiger partial charge on any atom is 0.416 e. The van der Waals surface area contributed by atoms with E-state index in [1.165, 1.54) is 6.92 Å². The lowest BCUT2D eigenvalue weighted by Gasteiger charge is -2.16. The van der Waals surface area contributed by atoms with Crippen molar-refractivity contribution in [2.24, 2.45) is 0 Å². The van der Waals surface area contributed by atoms with Gasteiger partial charge in [-0.2, -0.15) is 13.2 Å². The molecule has 0 bridgehead atoms. The fraction of sp³-hybridized carbons (Fsp3) is 0.300. The van der Waals surface area contributed by atoms with Gasteiger partial charge in [0.15, 0.2) is 0 Å². The van der Waals surface area contributed by atoms with Crippen LogP contribution in [0.2, 0.25) is 5.02 Å². The number of esters is 1. The summed E-state index contributed by atoms with van der Waals surface area (Å²) in [5, 5.41) is 2.39. The van der Waals surface area contributed by atoms with Crippen LogP contribution in [0.5, 0.6) is 0 Å². The number of carbonyl (C=O) groups excluding carboxylic acids is 2. The minimum atomic E-state index is -4.62. The lowest BCUT2D eigenvalue weighted by Crippen LogP contribution is -2.32. The van der Waals surface area contributed by atoms with Crippen molar-refractivity contribution in [1.29, 1.82) is 0 Å². The molecule has 0 saturated heterocycles. The maximum atomic E-state index is 13.0. The van der Waals surface area contributed by atoms with Gasteiger partial charge in [-0.3, -0.25) is 14.2 Å². The van der Waals surface area contributed by atoms with Crippen LogP contribution in [0.4, 0.5) is 18.9 Å². The van der Waals surface area contributed by atoms with Crippen LogP contribution in [-0.4, -0.2) is 28.0 Å². The van der Waals surface area contributed by atoms with Gasteiger partial charge in [-0.05, 0) is 44.5 Å². The molecule has 0 aliphatic carbocycles. The summed E-state index contributed by atoms with van der Waals surface area (Å²) in [6, 6.07) is 1.40. The molecule has 1 aromatic carbocycles. The highest BCUT2D eigenvalue weighted by atomic mass is 35.5. The van der Waals surface area contributed by atoms with E-state index in [2.05, 4.69) is 10.3 Å². The highest BCUT2D eigenvalue weighted by molar-refractivity contribution is 7.20. The summed E-state index contributed by atoms with van der Waals surface area (Å²) in [5.74, 6) is -1.35. The molecule has 2 aromatic heterocycles. The second-order valence-corrected chi connectivity index (χ2v) is 8.18. The highest BCUT2D eigenvalue weighted by Gasteiger charge is 2.31. The number of nitrogens with zero attached hydrogens (tertiary/aromatic N) is 2. The molecule has 0 aliphatic rings. The van der Waals surface area contributed by atoms with Gasteiger partial charge < -0.3 is 10.1 Å². The first kappa shape index (κ1) is 23.7. The first-order valence-electron chi connectivity index (χ1n) is 9.30. The Morgan fingerprint density at radius 3 is 2.66 bits per heavy atom. The number of carbonyl (C=O) groups is 2. The standard InChI is InChI=1S/C20H17ClF3N3O4S/c1-4-31-19(30)15-9(2)14-17(32-15)25-8-27(18(14)29)10(3)16(28)26-13-7-11(20(22,23)24)5-6-12(13)21/h5-8,10H,4H2,1-3H3,(H,26,28). The summed E-state index contributed by atoms with van der Waals surface area (Å²) in [4.78, 5) is 42.5. The van der Waals surface area contributed by atoms with Crippen molar-refractivity contribution in [2.75, 3.05) is 11.9 Å². The zero-order chi connectivity index (χ0) is 23.8. The number of alkyl halides is 3. The van der Waals surface area contributed by atoms with Gasteiger partial charge in [0.1, 0.15) is 15.7 Å². The Morgan fingerprint density at radius 2 is 2.03 bits per heavy atom. The van der Waals surface area contributed by atoms with E-state index >= 15 is 0 Å². The topological polar surface area (TPSA) is 90.3 Å². The first-order valence-corrected chi connectivity index (χ1v) is 10.5. The van der Waals surface area contributed by atoms with E-state index in [-0.39, 0.29) is 27.6 Å². The largest absolute Gasteiger partial charge is 0.462 e. The van der Waals surface area contributed by atoms with Gasteiger partial charge in [0, 0.05) is 0 Å². The lowest BCUT2D eigenvalue weighted by molar-refractivity contribution is -0.137. The minimum absolute atomic E-state index is 0.0905. The number of hydrogen-bond donors (Lipinski definition) is 1. The number of aryl methyl sites for hydroxylation is 1. The van der Waals surface area contributed by atoms with Crippen molar-refractivity contribution in [2.45, 2.75) is 33.0 Å². The van der Waals surface area contributed by atoms with E-state index in [1.54, 1.807) is 13.8 Å². The summed E-state index contributed by atoms with van der Waals surface area (Å²) in [5.41, 5.74) is -1.41. The number of thiophene rings is 1. The molecule has 0 radical (unpaired) electrons. The number of aromatic nitrogens is 2. The van der Waals surface area contributed by atoms with Crippen molar-refractivity contribution in [3.05, 3.63) is 55.9 Å². The fourth-order valence-electron chi connectivity index (χ4n) is 2.97. The molecule has 3 rings (SSSR count). The van der Waals surface area contributed by atoms with Gasteiger partial charge in [-0.25, -0.2) is 9.78 Å². The SMILES string of the molecule is CCOC(=O)c1sc2ncn(C(C)C(=O)Nc3cc(C(F)(F)F)ccc3Cl)c(=O)c2c1C. The summed E-state index contributed by atoms with van der Waals surface area (Å²) in [6.45, 7) is 4.79. The number of fused-ring (bicyclic) bond motifs is 1. The number of anilines is 1. The molecule has 0 spiro atoms. The molecule has 7 nitrogen and oxygen atoms in total. The van der Waals surface area contributed by atoms with Crippen molar-refractivity contribution < 1.29 is 27.5 Å². The molecule has 1 amide bonds. The van der Waals surface area contributed by atoms with Crippen LogP contribution in [0.25, 0.3) is 10.2 Å². The number of amides is 1. The second-order valence-electron chi connectivity index (χ2n) is 6.77. The highest BCUT2D eigenvalue weighted by Crippen LogP contribution is 2.34. The van der Waals surface area contributed by atoms with E-state index in [0.717, 1.165) is 34.4 Å². The molecule has 1 N–H and O–H groups in total. The molecule has 0 aliphatic heterocycles. The van der Waals surface area contributed by atoms with Gasteiger partial charge in [-0.1, -0.05) is 11.6 Å². The number of ether oxygens (including phenoxy) is 1. The molecule has 1 atom stereocenters. The Kier molecular flexibility index (Phi) is 6.61. The van der Waals surface area contributed by atoms with Crippen LogP contribution in [0.15, 0.2) is 29.3 Å². The van der Waals surface area contributed by atoms with Crippen LogP contribution in [0.1, 0.15) is 40.7 Å². The third-order valence-electron chi connectivity index (χ3n) is 4.69. The normalized spacial score (nSPS) is 12.6.